The van der Waals surface area contributed by atoms with Crippen molar-refractivity contribution in [2.24, 2.45) is 11.8 Å². The number of sulfonamides is 1. The zero-order valence-corrected chi connectivity index (χ0v) is 14.7. The molecule has 0 radical (unpaired) electrons. The smallest absolute Gasteiger partial charge is 0.223 e. The number of carbonyl (C=O) groups excluding carboxylic acids is 1. The molecule has 2 aliphatic rings. The molecule has 2 rings (SSSR count). The zero-order chi connectivity index (χ0) is 16.2. The van der Waals surface area contributed by atoms with Gasteiger partial charge in [-0.15, -0.1) is 0 Å². The van der Waals surface area contributed by atoms with Crippen LogP contribution < -0.4 is 5.32 Å². The van der Waals surface area contributed by atoms with Gasteiger partial charge in [0.25, 0.3) is 0 Å². The molecule has 0 aromatic rings. The van der Waals surface area contributed by atoms with Gasteiger partial charge in [-0.3, -0.25) is 4.79 Å². The van der Waals surface area contributed by atoms with Gasteiger partial charge >= 0.3 is 0 Å². The van der Waals surface area contributed by atoms with Gasteiger partial charge in [0.1, 0.15) is 0 Å². The average Bonchev–Trinajstić information content (AvgIpc) is 2.49. The molecule has 2 atom stereocenters. The molecule has 0 aromatic carbocycles. The Kier molecular flexibility index (Phi) is 6.26. The van der Waals surface area contributed by atoms with E-state index in [2.05, 4.69) is 12.2 Å². The fraction of sp³-hybridized carbons (Fsp3) is 0.938. The number of hydrogen-bond acceptors (Lipinski definition) is 3. The quantitative estimate of drug-likeness (QED) is 0.840. The monoisotopic (exact) mass is 330 g/mol. The highest BCUT2D eigenvalue weighted by atomic mass is 32.2. The summed E-state index contributed by atoms with van der Waals surface area (Å²) >= 11 is 0. The summed E-state index contributed by atoms with van der Waals surface area (Å²) in [6.45, 7) is 5.06. The normalized spacial score (nSPS) is 28.5. The van der Waals surface area contributed by atoms with E-state index in [4.69, 9.17) is 0 Å². The first kappa shape index (κ1) is 17.7. The van der Waals surface area contributed by atoms with Crippen molar-refractivity contribution in [1.82, 2.24) is 9.62 Å². The van der Waals surface area contributed by atoms with E-state index in [1.807, 2.05) is 6.92 Å². The van der Waals surface area contributed by atoms with E-state index in [-0.39, 0.29) is 17.6 Å². The van der Waals surface area contributed by atoms with Crippen LogP contribution in [0, 0.1) is 11.8 Å². The number of hydrogen-bond donors (Lipinski definition) is 1. The molecule has 0 aromatic heterocycles. The van der Waals surface area contributed by atoms with Gasteiger partial charge in [-0.2, -0.15) is 0 Å². The Bertz CT molecular complexity index is 470. The van der Waals surface area contributed by atoms with Crippen LogP contribution >= 0.6 is 0 Å². The number of carbonyl (C=O) groups is 1. The molecule has 6 heteroatoms. The van der Waals surface area contributed by atoms with Crippen molar-refractivity contribution in [3.05, 3.63) is 0 Å². The SMILES string of the molecule is CCCS(=O)(=O)N1CCC(C(=O)N[C@H]2CCCC[C@H]2C)CC1. The topological polar surface area (TPSA) is 66.5 Å². The Morgan fingerprint density at radius 2 is 1.77 bits per heavy atom. The van der Waals surface area contributed by atoms with E-state index in [1.54, 1.807) is 4.31 Å². The lowest BCUT2D eigenvalue weighted by Crippen LogP contribution is -2.47. The van der Waals surface area contributed by atoms with E-state index >= 15 is 0 Å². The highest BCUT2D eigenvalue weighted by Crippen LogP contribution is 2.25. The van der Waals surface area contributed by atoms with Crippen molar-refractivity contribution in [3.8, 4) is 0 Å². The lowest BCUT2D eigenvalue weighted by molar-refractivity contribution is -0.127. The van der Waals surface area contributed by atoms with Gasteiger partial charge in [-0.1, -0.05) is 26.7 Å². The second-order valence-electron chi connectivity index (χ2n) is 6.87. The predicted octanol–water partition coefficient (Wildman–Crippen LogP) is 2.13. The number of nitrogens with zero attached hydrogens (tertiary/aromatic N) is 1. The molecule has 1 heterocycles. The number of amides is 1. The van der Waals surface area contributed by atoms with Crippen molar-refractivity contribution in [3.63, 3.8) is 0 Å². The first-order valence-corrected chi connectivity index (χ1v) is 10.3. The molecule has 22 heavy (non-hydrogen) atoms. The second kappa shape index (κ2) is 7.77. The average molecular weight is 330 g/mol. The summed E-state index contributed by atoms with van der Waals surface area (Å²) in [5, 5.41) is 3.21. The van der Waals surface area contributed by atoms with E-state index in [1.165, 1.54) is 19.3 Å². The molecule has 0 spiro atoms. The Morgan fingerprint density at radius 1 is 1.14 bits per heavy atom. The second-order valence-corrected chi connectivity index (χ2v) is 8.95. The zero-order valence-electron chi connectivity index (χ0n) is 13.9. The van der Waals surface area contributed by atoms with Crippen LogP contribution in [0.25, 0.3) is 0 Å². The maximum atomic E-state index is 12.4. The van der Waals surface area contributed by atoms with Crippen molar-refractivity contribution >= 4 is 15.9 Å². The molecule has 128 valence electrons. The largest absolute Gasteiger partial charge is 0.353 e. The van der Waals surface area contributed by atoms with Crippen molar-refractivity contribution < 1.29 is 13.2 Å². The Hall–Kier alpha value is -0.620. The fourth-order valence-corrected chi connectivity index (χ4v) is 5.16. The molecule has 0 unspecified atom stereocenters. The van der Waals surface area contributed by atoms with Gasteiger partial charge in [0.2, 0.25) is 15.9 Å². The fourth-order valence-electron chi connectivity index (χ4n) is 3.61. The first-order chi connectivity index (χ1) is 10.4. The van der Waals surface area contributed by atoms with Crippen molar-refractivity contribution in [2.45, 2.75) is 64.8 Å². The van der Waals surface area contributed by atoms with E-state index in [9.17, 15) is 13.2 Å². The minimum atomic E-state index is -3.12. The summed E-state index contributed by atoms with van der Waals surface area (Å²) in [6.07, 6.45) is 6.67. The molecular formula is C16H30N2O3S. The molecule has 1 saturated carbocycles. The maximum absolute atomic E-state index is 12.4. The van der Waals surface area contributed by atoms with Crippen molar-refractivity contribution in [1.29, 1.82) is 0 Å². The molecule has 1 aliphatic heterocycles. The van der Waals surface area contributed by atoms with Crippen LogP contribution in [0.5, 0.6) is 0 Å². The van der Waals surface area contributed by atoms with Crippen LogP contribution in [-0.2, 0) is 14.8 Å². The highest BCUT2D eigenvalue weighted by molar-refractivity contribution is 7.89. The van der Waals surface area contributed by atoms with Gasteiger partial charge in [0.15, 0.2) is 0 Å². The summed E-state index contributed by atoms with van der Waals surface area (Å²) in [4.78, 5) is 12.4. The van der Waals surface area contributed by atoms with Gasteiger partial charge in [0.05, 0.1) is 5.75 Å². The first-order valence-electron chi connectivity index (χ1n) is 8.72. The molecule has 2 fully saturated rings. The molecule has 1 saturated heterocycles. The minimum Gasteiger partial charge on any atom is -0.353 e. The molecule has 0 bridgehead atoms. The third kappa shape index (κ3) is 4.44. The van der Waals surface area contributed by atoms with Crippen LogP contribution in [0.1, 0.15) is 58.8 Å². The minimum absolute atomic E-state index is 0.0257. The van der Waals surface area contributed by atoms with Gasteiger partial charge in [-0.25, -0.2) is 12.7 Å². The maximum Gasteiger partial charge on any atom is 0.223 e. The van der Waals surface area contributed by atoms with Crippen LogP contribution in [0.3, 0.4) is 0 Å². The molecule has 5 nitrogen and oxygen atoms in total. The summed E-state index contributed by atoms with van der Waals surface area (Å²) in [7, 11) is -3.12. The van der Waals surface area contributed by atoms with Crippen LogP contribution in [0.2, 0.25) is 0 Å². The number of piperidine rings is 1. The third-order valence-corrected chi connectivity index (χ3v) is 7.20. The molecule has 1 amide bonds. The number of rotatable bonds is 5. The predicted molar refractivity (Wildman–Crippen MR) is 87.9 cm³/mol. The summed E-state index contributed by atoms with van der Waals surface area (Å²) < 4.78 is 25.7. The van der Waals surface area contributed by atoms with Crippen LogP contribution in [0.15, 0.2) is 0 Å². The summed E-state index contributed by atoms with van der Waals surface area (Å²) in [5.74, 6) is 0.875. The summed E-state index contributed by atoms with van der Waals surface area (Å²) in [6, 6.07) is 0.308. The lowest BCUT2D eigenvalue weighted by Gasteiger charge is -2.34. The van der Waals surface area contributed by atoms with Gasteiger partial charge < -0.3 is 5.32 Å². The van der Waals surface area contributed by atoms with Crippen LogP contribution in [0.4, 0.5) is 0 Å². The number of nitrogens with one attached hydrogen (secondary N) is 1. The summed E-state index contributed by atoms with van der Waals surface area (Å²) in [5.41, 5.74) is 0. The Labute approximate surface area is 134 Å². The molecular weight excluding hydrogens is 300 g/mol. The Morgan fingerprint density at radius 3 is 2.36 bits per heavy atom. The lowest BCUT2D eigenvalue weighted by atomic mass is 9.85. The Balaban J connectivity index is 1.82. The van der Waals surface area contributed by atoms with E-state index < -0.39 is 10.0 Å². The highest BCUT2D eigenvalue weighted by Gasteiger charge is 2.32. The standard InChI is InChI=1S/C16H30N2O3S/c1-3-12-22(20,21)18-10-8-14(9-11-18)16(19)17-15-7-5-4-6-13(15)2/h13-15H,3-12H2,1-2H3,(H,17,19)/t13-,15+/m1/s1. The van der Waals surface area contributed by atoms with Crippen molar-refractivity contribution in [2.75, 3.05) is 18.8 Å². The third-order valence-electron chi connectivity index (χ3n) is 5.12. The van der Waals surface area contributed by atoms with E-state index in [0.717, 1.165) is 6.42 Å². The van der Waals surface area contributed by atoms with Crippen LogP contribution in [-0.4, -0.2) is 43.5 Å². The van der Waals surface area contributed by atoms with Gasteiger partial charge in [0, 0.05) is 25.0 Å². The van der Waals surface area contributed by atoms with Gasteiger partial charge in [-0.05, 0) is 38.0 Å². The van der Waals surface area contributed by atoms with E-state index in [0.29, 0.717) is 44.3 Å². The molecule has 1 aliphatic carbocycles. The molecule has 1 N–H and O–H groups in total.